The third-order valence-corrected chi connectivity index (χ3v) is 4.29. The average Bonchev–Trinajstić information content (AvgIpc) is 2.61. The molecule has 0 aliphatic carbocycles. The van der Waals surface area contributed by atoms with Crippen molar-refractivity contribution in [3.8, 4) is 0 Å². The predicted octanol–water partition coefficient (Wildman–Crippen LogP) is 0.399. The van der Waals surface area contributed by atoms with Crippen molar-refractivity contribution >= 4 is 17.8 Å². The number of aromatic nitrogens is 2. The summed E-state index contributed by atoms with van der Waals surface area (Å²) in [6.07, 6.45) is 3.43. The predicted molar refractivity (Wildman–Crippen MR) is 94.2 cm³/mol. The number of methoxy groups -OCH3 is 1. The standard InChI is InChI=1S/C17H27N5O3/c1-17(2,3)22(13-15(24)25-4)12-14(23)20-8-10-21(11-9-20)16-18-6-5-7-19-16/h5-7H,8-13H2,1-4H3. The van der Waals surface area contributed by atoms with Crippen LogP contribution in [0.25, 0.3) is 0 Å². The molecule has 0 atom stereocenters. The number of piperazine rings is 1. The van der Waals surface area contributed by atoms with Crippen LogP contribution in [-0.2, 0) is 14.3 Å². The van der Waals surface area contributed by atoms with Gasteiger partial charge < -0.3 is 14.5 Å². The second-order valence-electron chi connectivity index (χ2n) is 7.02. The normalized spacial score (nSPS) is 15.4. The molecule has 0 bridgehead atoms. The molecule has 1 fully saturated rings. The highest BCUT2D eigenvalue weighted by atomic mass is 16.5. The zero-order valence-corrected chi connectivity index (χ0v) is 15.4. The molecule has 138 valence electrons. The van der Waals surface area contributed by atoms with Gasteiger partial charge in [-0.05, 0) is 26.8 Å². The maximum Gasteiger partial charge on any atom is 0.319 e. The lowest BCUT2D eigenvalue weighted by atomic mass is 10.1. The summed E-state index contributed by atoms with van der Waals surface area (Å²) in [5.74, 6) is 0.373. The smallest absolute Gasteiger partial charge is 0.319 e. The second kappa shape index (κ2) is 8.24. The second-order valence-corrected chi connectivity index (χ2v) is 7.02. The Kier molecular flexibility index (Phi) is 6.30. The lowest BCUT2D eigenvalue weighted by Crippen LogP contribution is -2.54. The monoisotopic (exact) mass is 349 g/mol. The Morgan fingerprint density at radius 2 is 1.72 bits per heavy atom. The Balaban J connectivity index is 1.91. The van der Waals surface area contributed by atoms with Crippen molar-refractivity contribution < 1.29 is 14.3 Å². The van der Waals surface area contributed by atoms with Gasteiger partial charge in [0.2, 0.25) is 11.9 Å². The highest BCUT2D eigenvalue weighted by Gasteiger charge is 2.29. The van der Waals surface area contributed by atoms with Crippen molar-refractivity contribution in [2.45, 2.75) is 26.3 Å². The molecule has 1 amide bonds. The van der Waals surface area contributed by atoms with E-state index in [0.29, 0.717) is 32.1 Å². The van der Waals surface area contributed by atoms with Gasteiger partial charge in [-0.1, -0.05) is 0 Å². The lowest BCUT2D eigenvalue weighted by molar-refractivity contribution is -0.145. The van der Waals surface area contributed by atoms with Crippen LogP contribution in [0.15, 0.2) is 18.5 Å². The summed E-state index contributed by atoms with van der Waals surface area (Å²) < 4.78 is 4.74. The fraction of sp³-hybridized carbons (Fsp3) is 0.647. The van der Waals surface area contributed by atoms with Crippen LogP contribution in [0, 0.1) is 0 Å². The van der Waals surface area contributed by atoms with Crippen LogP contribution in [0.1, 0.15) is 20.8 Å². The third-order valence-electron chi connectivity index (χ3n) is 4.29. The molecule has 0 unspecified atom stereocenters. The van der Waals surface area contributed by atoms with Gasteiger partial charge in [-0.3, -0.25) is 14.5 Å². The third kappa shape index (κ3) is 5.38. The molecule has 1 aliphatic heterocycles. The topological polar surface area (TPSA) is 78.9 Å². The Labute approximate surface area is 148 Å². The number of hydrogen-bond acceptors (Lipinski definition) is 7. The van der Waals surface area contributed by atoms with Gasteiger partial charge in [0.15, 0.2) is 0 Å². The molecular weight excluding hydrogens is 322 g/mol. The number of ether oxygens (including phenoxy) is 1. The molecule has 1 aliphatic rings. The quantitative estimate of drug-likeness (QED) is 0.712. The van der Waals surface area contributed by atoms with Crippen LogP contribution in [0.3, 0.4) is 0 Å². The first kappa shape index (κ1) is 19.1. The molecule has 0 aromatic carbocycles. The fourth-order valence-corrected chi connectivity index (χ4v) is 2.62. The van der Waals surface area contributed by atoms with Gasteiger partial charge in [-0.25, -0.2) is 9.97 Å². The van der Waals surface area contributed by atoms with Crippen LogP contribution < -0.4 is 4.90 Å². The summed E-state index contributed by atoms with van der Waals surface area (Å²) in [7, 11) is 1.36. The zero-order chi connectivity index (χ0) is 18.4. The minimum Gasteiger partial charge on any atom is -0.468 e. The maximum absolute atomic E-state index is 12.7. The Morgan fingerprint density at radius 1 is 1.12 bits per heavy atom. The van der Waals surface area contributed by atoms with Gasteiger partial charge in [0.25, 0.3) is 0 Å². The molecule has 8 nitrogen and oxygen atoms in total. The lowest BCUT2D eigenvalue weighted by Gasteiger charge is -2.38. The first-order valence-electron chi connectivity index (χ1n) is 8.43. The number of rotatable bonds is 5. The van der Waals surface area contributed by atoms with Crippen molar-refractivity contribution in [3.05, 3.63) is 18.5 Å². The summed E-state index contributed by atoms with van der Waals surface area (Å²) >= 11 is 0. The van der Waals surface area contributed by atoms with Gasteiger partial charge in [0.1, 0.15) is 0 Å². The van der Waals surface area contributed by atoms with E-state index in [2.05, 4.69) is 14.9 Å². The van der Waals surface area contributed by atoms with Crippen LogP contribution in [0.5, 0.6) is 0 Å². The van der Waals surface area contributed by atoms with E-state index < -0.39 is 0 Å². The molecular formula is C17H27N5O3. The van der Waals surface area contributed by atoms with Crippen LogP contribution in [-0.4, -0.2) is 83.6 Å². The number of carbonyl (C=O) groups excluding carboxylic acids is 2. The zero-order valence-electron chi connectivity index (χ0n) is 15.4. The highest BCUT2D eigenvalue weighted by Crippen LogP contribution is 2.15. The summed E-state index contributed by atoms with van der Waals surface area (Å²) in [4.78, 5) is 38.5. The van der Waals surface area contributed by atoms with Crippen LogP contribution >= 0.6 is 0 Å². The molecule has 1 aromatic rings. The van der Waals surface area contributed by atoms with Crippen molar-refractivity contribution in [3.63, 3.8) is 0 Å². The molecule has 1 saturated heterocycles. The maximum atomic E-state index is 12.7. The minimum absolute atomic E-state index is 0.0208. The van der Waals surface area contributed by atoms with Crippen LogP contribution in [0.4, 0.5) is 5.95 Å². The van der Waals surface area contributed by atoms with E-state index in [9.17, 15) is 9.59 Å². The van der Waals surface area contributed by atoms with Gasteiger partial charge in [-0.15, -0.1) is 0 Å². The van der Waals surface area contributed by atoms with Crippen molar-refractivity contribution in [2.75, 3.05) is 51.3 Å². The number of esters is 1. The largest absolute Gasteiger partial charge is 0.468 e. The molecule has 0 radical (unpaired) electrons. The number of nitrogens with zero attached hydrogens (tertiary/aromatic N) is 5. The summed E-state index contributed by atoms with van der Waals surface area (Å²) in [6.45, 7) is 8.87. The summed E-state index contributed by atoms with van der Waals surface area (Å²) in [5.41, 5.74) is -0.302. The Hall–Kier alpha value is -2.22. The number of anilines is 1. The van der Waals surface area contributed by atoms with Crippen molar-refractivity contribution in [1.29, 1.82) is 0 Å². The molecule has 8 heteroatoms. The first-order valence-corrected chi connectivity index (χ1v) is 8.43. The van der Waals surface area contributed by atoms with E-state index in [4.69, 9.17) is 4.74 Å². The molecule has 0 saturated carbocycles. The number of amides is 1. The van der Waals surface area contributed by atoms with E-state index in [1.54, 1.807) is 18.5 Å². The van der Waals surface area contributed by atoms with E-state index >= 15 is 0 Å². The van der Waals surface area contributed by atoms with E-state index in [-0.39, 0.29) is 30.5 Å². The Morgan fingerprint density at radius 3 is 2.24 bits per heavy atom. The molecule has 25 heavy (non-hydrogen) atoms. The Bertz CT molecular complexity index is 580. The molecule has 2 heterocycles. The summed E-state index contributed by atoms with van der Waals surface area (Å²) in [6, 6.07) is 1.78. The fourth-order valence-electron chi connectivity index (χ4n) is 2.62. The molecule has 0 spiro atoms. The van der Waals surface area contributed by atoms with E-state index in [1.807, 2.05) is 30.6 Å². The molecule has 1 aromatic heterocycles. The van der Waals surface area contributed by atoms with Gasteiger partial charge in [0.05, 0.1) is 20.2 Å². The minimum atomic E-state index is -0.339. The summed E-state index contributed by atoms with van der Waals surface area (Å²) in [5, 5.41) is 0. The van der Waals surface area contributed by atoms with Gasteiger partial charge in [-0.2, -0.15) is 0 Å². The molecule has 2 rings (SSSR count). The highest BCUT2D eigenvalue weighted by molar-refractivity contribution is 5.80. The number of hydrogen-bond donors (Lipinski definition) is 0. The van der Waals surface area contributed by atoms with Gasteiger partial charge in [0, 0.05) is 44.1 Å². The van der Waals surface area contributed by atoms with Crippen LogP contribution in [0.2, 0.25) is 0 Å². The SMILES string of the molecule is COC(=O)CN(CC(=O)N1CCN(c2ncccn2)CC1)C(C)(C)C. The average molecular weight is 349 g/mol. The van der Waals surface area contributed by atoms with Crippen molar-refractivity contribution in [1.82, 2.24) is 19.8 Å². The first-order chi connectivity index (χ1) is 11.8. The molecule has 0 N–H and O–H groups in total. The van der Waals surface area contributed by atoms with E-state index in [0.717, 1.165) is 0 Å². The van der Waals surface area contributed by atoms with Crippen molar-refractivity contribution in [2.24, 2.45) is 0 Å². The number of carbonyl (C=O) groups is 2. The van der Waals surface area contributed by atoms with E-state index in [1.165, 1.54) is 7.11 Å². The van der Waals surface area contributed by atoms with Gasteiger partial charge >= 0.3 is 5.97 Å².